The molecule has 2 heterocycles. The number of rotatable bonds is 8. The quantitative estimate of drug-likeness (QED) is 0.729. The zero-order valence-corrected chi connectivity index (χ0v) is 17.8. The molecule has 0 fully saturated rings. The summed E-state index contributed by atoms with van der Waals surface area (Å²) in [4.78, 5) is 14.5. The van der Waals surface area contributed by atoms with E-state index in [-0.39, 0.29) is 11.8 Å². The monoisotopic (exact) mass is 401 g/mol. The molecule has 1 atom stereocenters. The van der Waals surface area contributed by atoms with E-state index in [9.17, 15) is 4.79 Å². The van der Waals surface area contributed by atoms with E-state index in [0.717, 1.165) is 67.7 Å². The standard InChI is InChI=1S/C21H31N5O3/c1-5-15(2)21(27)22-13-20-24-23-19-6-7-25(8-9-26(19)20)14-16-10-17(28-3)12-18(11-16)29-4/h10-12,15H,5-9,13-14H2,1-4H3,(H,22,27)/t15-/m0/s1. The Labute approximate surface area is 172 Å². The van der Waals surface area contributed by atoms with Crippen molar-refractivity contribution in [2.75, 3.05) is 27.3 Å². The third-order valence-corrected chi connectivity index (χ3v) is 5.49. The number of carbonyl (C=O) groups is 1. The zero-order chi connectivity index (χ0) is 20.8. The van der Waals surface area contributed by atoms with Gasteiger partial charge in [-0.3, -0.25) is 9.69 Å². The van der Waals surface area contributed by atoms with Crippen molar-refractivity contribution in [3.63, 3.8) is 0 Å². The number of methoxy groups -OCH3 is 2. The molecule has 0 aliphatic carbocycles. The maximum absolute atomic E-state index is 12.1. The summed E-state index contributed by atoms with van der Waals surface area (Å²) in [5.74, 6) is 3.46. The third-order valence-electron chi connectivity index (χ3n) is 5.49. The van der Waals surface area contributed by atoms with Crippen molar-refractivity contribution in [1.29, 1.82) is 0 Å². The van der Waals surface area contributed by atoms with Crippen LogP contribution in [0.25, 0.3) is 0 Å². The van der Waals surface area contributed by atoms with Crippen LogP contribution in [0.15, 0.2) is 18.2 Å². The second kappa shape index (κ2) is 9.73. The van der Waals surface area contributed by atoms with Gasteiger partial charge in [0.15, 0.2) is 5.82 Å². The molecule has 3 rings (SSSR count). The molecule has 8 nitrogen and oxygen atoms in total. The van der Waals surface area contributed by atoms with Gasteiger partial charge >= 0.3 is 0 Å². The molecule has 0 bridgehead atoms. The molecule has 1 aliphatic rings. The Morgan fingerprint density at radius 2 is 1.86 bits per heavy atom. The van der Waals surface area contributed by atoms with E-state index >= 15 is 0 Å². The van der Waals surface area contributed by atoms with Gasteiger partial charge < -0.3 is 19.4 Å². The smallest absolute Gasteiger partial charge is 0.223 e. The fourth-order valence-electron chi connectivity index (χ4n) is 3.46. The molecule has 0 unspecified atom stereocenters. The number of benzene rings is 1. The van der Waals surface area contributed by atoms with Crippen LogP contribution in [0.5, 0.6) is 11.5 Å². The minimum atomic E-state index is 0.0110. The van der Waals surface area contributed by atoms with Gasteiger partial charge in [0.2, 0.25) is 5.91 Å². The second-order valence-corrected chi connectivity index (χ2v) is 7.46. The van der Waals surface area contributed by atoms with Gasteiger partial charge in [-0.1, -0.05) is 13.8 Å². The van der Waals surface area contributed by atoms with Crippen molar-refractivity contribution < 1.29 is 14.3 Å². The van der Waals surface area contributed by atoms with Gasteiger partial charge in [-0.15, -0.1) is 10.2 Å². The van der Waals surface area contributed by atoms with Crippen molar-refractivity contribution in [2.45, 2.75) is 46.3 Å². The third kappa shape index (κ3) is 5.26. The predicted molar refractivity (Wildman–Crippen MR) is 110 cm³/mol. The van der Waals surface area contributed by atoms with Gasteiger partial charge in [-0.25, -0.2) is 0 Å². The summed E-state index contributed by atoms with van der Waals surface area (Å²) >= 11 is 0. The molecule has 1 amide bonds. The summed E-state index contributed by atoms with van der Waals surface area (Å²) in [5, 5.41) is 11.6. The van der Waals surface area contributed by atoms with Crippen LogP contribution in [0, 0.1) is 5.92 Å². The Kier molecular flexibility index (Phi) is 7.09. The Balaban J connectivity index is 1.62. The van der Waals surface area contributed by atoms with E-state index in [2.05, 4.69) is 25.0 Å². The molecule has 1 aromatic carbocycles. The van der Waals surface area contributed by atoms with Crippen LogP contribution in [0.4, 0.5) is 0 Å². The van der Waals surface area contributed by atoms with Crippen molar-refractivity contribution in [1.82, 2.24) is 25.0 Å². The number of hydrogen-bond acceptors (Lipinski definition) is 6. The lowest BCUT2D eigenvalue weighted by Gasteiger charge is -2.20. The number of hydrogen-bond donors (Lipinski definition) is 1. The van der Waals surface area contributed by atoms with E-state index in [1.54, 1.807) is 14.2 Å². The summed E-state index contributed by atoms with van der Waals surface area (Å²) in [6.45, 7) is 7.77. The summed E-state index contributed by atoms with van der Waals surface area (Å²) in [5.41, 5.74) is 1.15. The van der Waals surface area contributed by atoms with Crippen LogP contribution in [0.3, 0.4) is 0 Å². The first-order chi connectivity index (χ1) is 14.0. The maximum atomic E-state index is 12.1. The first-order valence-corrected chi connectivity index (χ1v) is 10.2. The van der Waals surface area contributed by atoms with Crippen molar-refractivity contribution in [2.24, 2.45) is 5.92 Å². The Morgan fingerprint density at radius 1 is 1.14 bits per heavy atom. The van der Waals surface area contributed by atoms with Crippen LogP contribution in [0.2, 0.25) is 0 Å². The van der Waals surface area contributed by atoms with Gasteiger partial charge in [0.1, 0.15) is 17.3 Å². The highest BCUT2D eigenvalue weighted by molar-refractivity contribution is 5.78. The van der Waals surface area contributed by atoms with E-state index in [1.165, 1.54) is 0 Å². The Hall–Kier alpha value is -2.61. The normalized spacial score (nSPS) is 15.3. The van der Waals surface area contributed by atoms with Gasteiger partial charge in [-0.2, -0.15) is 0 Å². The molecule has 29 heavy (non-hydrogen) atoms. The first kappa shape index (κ1) is 21.1. The number of fused-ring (bicyclic) bond motifs is 1. The number of ether oxygens (including phenoxy) is 2. The van der Waals surface area contributed by atoms with Crippen LogP contribution >= 0.6 is 0 Å². The summed E-state index contributed by atoms with van der Waals surface area (Å²) in [6.07, 6.45) is 1.65. The minimum absolute atomic E-state index is 0.0110. The van der Waals surface area contributed by atoms with Crippen molar-refractivity contribution >= 4 is 5.91 Å². The van der Waals surface area contributed by atoms with Gasteiger partial charge in [0.05, 0.1) is 20.8 Å². The van der Waals surface area contributed by atoms with Crippen LogP contribution in [-0.2, 0) is 30.8 Å². The Morgan fingerprint density at radius 3 is 2.52 bits per heavy atom. The molecule has 1 aromatic heterocycles. The molecule has 158 valence electrons. The number of amides is 1. The SMILES string of the molecule is CC[C@H](C)C(=O)NCc1nnc2n1CCN(Cc1cc(OC)cc(OC)c1)CC2. The molecule has 0 saturated carbocycles. The highest BCUT2D eigenvalue weighted by Crippen LogP contribution is 2.24. The van der Waals surface area contributed by atoms with Gasteiger partial charge in [0.25, 0.3) is 0 Å². The van der Waals surface area contributed by atoms with E-state index < -0.39 is 0 Å². The van der Waals surface area contributed by atoms with Crippen LogP contribution in [0.1, 0.15) is 37.5 Å². The Bertz CT molecular complexity index is 813. The largest absolute Gasteiger partial charge is 0.497 e. The number of nitrogens with zero attached hydrogens (tertiary/aromatic N) is 4. The van der Waals surface area contributed by atoms with E-state index in [1.807, 2.05) is 32.0 Å². The van der Waals surface area contributed by atoms with E-state index in [0.29, 0.717) is 6.54 Å². The van der Waals surface area contributed by atoms with Crippen LogP contribution < -0.4 is 14.8 Å². The van der Waals surface area contributed by atoms with Crippen molar-refractivity contribution in [3.8, 4) is 11.5 Å². The molecular formula is C21H31N5O3. The molecular weight excluding hydrogens is 370 g/mol. The highest BCUT2D eigenvalue weighted by Gasteiger charge is 2.20. The van der Waals surface area contributed by atoms with Gasteiger partial charge in [-0.05, 0) is 24.1 Å². The maximum Gasteiger partial charge on any atom is 0.223 e. The summed E-state index contributed by atoms with van der Waals surface area (Å²) < 4.78 is 12.9. The number of nitrogens with one attached hydrogen (secondary N) is 1. The predicted octanol–water partition coefficient (Wildman–Crippen LogP) is 2.02. The lowest BCUT2D eigenvalue weighted by Crippen LogP contribution is -2.30. The topological polar surface area (TPSA) is 81.5 Å². The van der Waals surface area contributed by atoms with E-state index in [4.69, 9.17) is 9.47 Å². The molecule has 2 aromatic rings. The number of aromatic nitrogens is 3. The molecule has 0 saturated heterocycles. The molecule has 8 heteroatoms. The summed E-state index contributed by atoms with van der Waals surface area (Å²) in [6, 6.07) is 5.97. The first-order valence-electron chi connectivity index (χ1n) is 10.2. The fourth-order valence-corrected chi connectivity index (χ4v) is 3.46. The highest BCUT2D eigenvalue weighted by atomic mass is 16.5. The molecule has 0 spiro atoms. The average molecular weight is 402 g/mol. The average Bonchev–Trinajstić information content (AvgIpc) is 3.03. The van der Waals surface area contributed by atoms with Crippen LogP contribution in [-0.4, -0.2) is 52.9 Å². The lowest BCUT2D eigenvalue weighted by molar-refractivity contribution is -0.124. The van der Waals surface area contributed by atoms with Gasteiger partial charge in [0, 0.05) is 44.6 Å². The molecule has 1 aliphatic heterocycles. The fraction of sp³-hybridized carbons (Fsp3) is 0.571. The zero-order valence-electron chi connectivity index (χ0n) is 17.8. The second-order valence-electron chi connectivity index (χ2n) is 7.46. The van der Waals surface area contributed by atoms with Crippen molar-refractivity contribution in [3.05, 3.63) is 35.4 Å². The number of carbonyl (C=O) groups excluding carboxylic acids is 1. The molecule has 0 radical (unpaired) electrons. The lowest BCUT2D eigenvalue weighted by atomic mass is 10.1. The summed E-state index contributed by atoms with van der Waals surface area (Å²) in [7, 11) is 3.33. The molecule has 1 N–H and O–H groups in total. The minimum Gasteiger partial charge on any atom is -0.497 e.